The van der Waals surface area contributed by atoms with E-state index in [4.69, 9.17) is 16.3 Å². The lowest BCUT2D eigenvalue weighted by molar-refractivity contribution is -0.0381. The second-order valence-corrected chi connectivity index (χ2v) is 6.80. The summed E-state index contributed by atoms with van der Waals surface area (Å²) in [5.41, 5.74) is 4.99. The Morgan fingerprint density at radius 2 is 1.95 bits per heavy atom. The van der Waals surface area contributed by atoms with Crippen molar-refractivity contribution in [3.63, 3.8) is 0 Å². The van der Waals surface area contributed by atoms with Gasteiger partial charge in [0, 0.05) is 28.8 Å². The monoisotopic (exact) mass is 313 g/mol. The van der Waals surface area contributed by atoms with Crippen molar-refractivity contribution in [2.75, 3.05) is 11.9 Å². The van der Waals surface area contributed by atoms with Crippen LogP contribution in [0.2, 0.25) is 5.02 Å². The molecular formula is C19H20ClNO. The highest BCUT2D eigenvalue weighted by Gasteiger charge is 2.39. The molecule has 3 heteroatoms. The van der Waals surface area contributed by atoms with Crippen LogP contribution in [0.15, 0.2) is 42.5 Å². The number of ether oxygens (including phenoxy) is 1. The van der Waals surface area contributed by atoms with E-state index in [0.29, 0.717) is 12.0 Å². The summed E-state index contributed by atoms with van der Waals surface area (Å²) in [6.45, 7) is 2.97. The molecule has 114 valence electrons. The molecule has 2 nitrogen and oxygen atoms in total. The molecule has 1 saturated heterocycles. The molecule has 2 heterocycles. The zero-order chi connectivity index (χ0) is 15.1. The molecule has 3 atom stereocenters. The van der Waals surface area contributed by atoms with E-state index in [1.807, 2.05) is 6.07 Å². The fourth-order valence-electron chi connectivity index (χ4n) is 3.75. The van der Waals surface area contributed by atoms with Gasteiger partial charge in [-0.2, -0.15) is 0 Å². The maximum atomic E-state index is 6.20. The Bertz CT molecular complexity index is 682. The fourth-order valence-corrected chi connectivity index (χ4v) is 3.93. The van der Waals surface area contributed by atoms with Crippen molar-refractivity contribution in [1.82, 2.24) is 0 Å². The van der Waals surface area contributed by atoms with Crippen LogP contribution >= 0.6 is 11.6 Å². The highest BCUT2D eigenvalue weighted by atomic mass is 35.5. The molecule has 0 aliphatic carbocycles. The summed E-state index contributed by atoms with van der Waals surface area (Å²) >= 11 is 6.20. The molecule has 2 aromatic carbocycles. The Hall–Kier alpha value is -1.51. The van der Waals surface area contributed by atoms with Gasteiger partial charge < -0.3 is 10.1 Å². The van der Waals surface area contributed by atoms with Crippen LogP contribution in [0.3, 0.4) is 0 Å². The maximum Gasteiger partial charge on any atom is 0.0896 e. The summed E-state index contributed by atoms with van der Waals surface area (Å²) in [7, 11) is 0. The number of nitrogens with one attached hydrogen (secondary N) is 1. The third-order valence-corrected chi connectivity index (χ3v) is 5.10. The van der Waals surface area contributed by atoms with Gasteiger partial charge in [-0.25, -0.2) is 0 Å². The molecule has 0 unspecified atom stereocenters. The van der Waals surface area contributed by atoms with E-state index in [-0.39, 0.29) is 6.10 Å². The number of benzene rings is 2. The van der Waals surface area contributed by atoms with E-state index in [1.165, 1.54) is 23.1 Å². The first-order valence-corrected chi connectivity index (χ1v) is 8.34. The Morgan fingerprint density at radius 1 is 1.14 bits per heavy atom. The van der Waals surface area contributed by atoms with Gasteiger partial charge in [0.05, 0.1) is 12.1 Å². The normalized spacial score (nSPS) is 26.7. The van der Waals surface area contributed by atoms with Crippen LogP contribution in [0.25, 0.3) is 0 Å². The molecule has 0 aromatic heterocycles. The Balaban J connectivity index is 1.77. The molecular weight excluding hydrogens is 294 g/mol. The van der Waals surface area contributed by atoms with E-state index in [2.05, 4.69) is 48.6 Å². The molecule has 0 amide bonds. The van der Waals surface area contributed by atoms with Gasteiger partial charge in [0.15, 0.2) is 0 Å². The average Bonchev–Trinajstić information content (AvgIpc) is 2.55. The van der Waals surface area contributed by atoms with Crippen LogP contribution < -0.4 is 5.32 Å². The first-order chi connectivity index (χ1) is 10.7. The van der Waals surface area contributed by atoms with E-state index < -0.39 is 0 Å². The third kappa shape index (κ3) is 2.41. The molecule has 2 aliphatic rings. The smallest absolute Gasteiger partial charge is 0.0896 e. The van der Waals surface area contributed by atoms with Gasteiger partial charge in [0.1, 0.15) is 0 Å². The van der Waals surface area contributed by atoms with Crippen molar-refractivity contribution in [2.45, 2.75) is 31.9 Å². The van der Waals surface area contributed by atoms with Crippen LogP contribution in [-0.4, -0.2) is 6.61 Å². The number of anilines is 1. The molecule has 22 heavy (non-hydrogen) atoms. The number of halogens is 1. The van der Waals surface area contributed by atoms with Gasteiger partial charge in [0.2, 0.25) is 0 Å². The topological polar surface area (TPSA) is 21.3 Å². The minimum Gasteiger partial charge on any atom is -0.378 e. The van der Waals surface area contributed by atoms with Crippen molar-refractivity contribution in [3.05, 3.63) is 64.2 Å². The van der Waals surface area contributed by atoms with Gasteiger partial charge in [-0.05, 0) is 43.5 Å². The van der Waals surface area contributed by atoms with E-state index >= 15 is 0 Å². The SMILES string of the molecule is Cc1ccc([C@H]2Nc3ccc(Cl)cc3[C@H]3OCCC[C@@H]23)cc1. The molecule has 0 saturated carbocycles. The molecule has 4 rings (SSSR count). The largest absolute Gasteiger partial charge is 0.378 e. The van der Waals surface area contributed by atoms with E-state index in [1.54, 1.807) is 0 Å². The maximum absolute atomic E-state index is 6.20. The lowest BCUT2D eigenvalue weighted by Gasteiger charge is -2.43. The minimum atomic E-state index is 0.148. The summed E-state index contributed by atoms with van der Waals surface area (Å²) < 4.78 is 6.14. The van der Waals surface area contributed by atoms with Gasteiger partial charge in [-0.15, -0.1) is 0 Å². The molecule has 2 aliphatic heterocycles. The number of rotatable bonds is 1. The van der Waals surface area contributed by atoms with Crippen molar-refractivity contribution in [1.29, 1.82) is 0 Å². The minimum absolute atomic E-state index is 0.148. The molecule has 1 N–H and O–H groups in total. The lowest BCUT2D eigenvalue weighted by Crippen LogP contribution is -2.35. The first-order valence-electron chi connectivity index (χ1n) is 7.96. The summed E-state index contributed by atoms with van der Waals surface area (Å²) in [4.78, 5) is 0. The summed E-state index contributed by atoms with van der Waals surface area (Å²) in [5, 5.41) is 4.50. The molecule has 2 aromatic rings. The summed E-state index contributed by atoms with van der Waals surface area (Å²) in [6.07, 6.45) is 2.46. The molecule has 1 fully saturated rings. The molecule has 0 radical (unpaired) electrons. The van der Waals surface area contributed by atoms with Crippen molar-refractivity contribution in [2.24, 2.45) is 5.92 Å². The van der Waals surface area contributed by atoms with E-state index in [9.17, 15) is 0 Å². The Labute approximate surface area is 136 Å². The zero-order valence-electron chi connectivity index (χ0n) is 12.7. The van der Waals surface area contributed by atoms with Crippen molar-refractivity contribution < 1.29 is 4.74 Å². The lowest BCUT2D eigenvalue weighted by atomic mass is 9.77. The summed E-state index contributed by atoms with van der Waals surface area (Å²) in [5.74, 6) is 0.461. The number of hydrogen-bond acceptors (Lipinski definition) is 2. The quantitative estimate of drug-likeness (QED) is 0.773. The van der Waals surface area contributed by atoms with Crippen molar-refractivity contribution in [3.8, 4) is 0 Å². The number of fused-ring (bicyclic) bond motifs is 3. The Kier molecular flexibility index (Phi) is 3.59. The second-order valence-electron chi connectivity index (χ2n) is 6.36. The predicted molar refractivity (Wildman–Crippen MR) is 90.4 cm³/mol. The number of hydrogen-bond donors (Lipinski definition) is 1. The van der Waals surface area contributed by atoms with Crippen LogP contribution in [-0.2, 0) is 4.74 Å². The third-order valence-electron chi connectivity index (χ3n) is 4.86. The zero-order valence-corrected chi connectivity index (χ0v) is 13.4. The second kappa shape index (κ2) is 5.60. The van der Waals surface area contributed by atoms with Crippen LogP contribution in [0.1, 0.15) is 41.7 Å². The van der Waals surface area contributed by atoms with Crippen LogP contribution in [0.4, 0.5) is 5.69 Å². The van der Waals surface area contributed by atoms with Gasteiger partial charge in [-0.1, -0.05) is 41.4 Å². The van der Waals surface area contributed by atoms with Gasteiger partial charge in [-0.3, -0.25) is 0 Å². The van der Waals surface area contributed by atoms with Gasteiger partial charge >= 0.3 is 0 Å². The molecule has 0 spiro atoms. The predicted octanol–water partition coefficient (Wildman–Crippen LogP) is 5.28. The van der Waals surface area contributed by atoms with E-state index in [0.717, 1.165) is 23.7 Å². The average molecular weight is 314 g/mol. The fraction of sp³-hybridized carbons (Fsp3) is 0.368. The van der Waals surface area contributed by atoms with Crippen LogP contribution in [0.5, 0.6) is 0 Å². The highest BCUT2D eigenvalue weighted by molar-refractivity contribution is 6.30. The van der Waals surface area contributed by atoms with Crippen LogP contribution in [0, 0.1) is 12.8 Å². The Morgan fingerprint density at radius 3 is 2.77 bits per heavy atom. The van der Waals surface area contributed by atoms with Crippen molar-refractivity contribution >= 4 is 17.3 Å². The number of aryl methyl sites for hydroxylation is 1. The first kappa shape index (κ1) is 14.1. The highest BCUT2D eigenvalue weighted by Crippen LogP contribution is 2.49. The van der Waals surface area contributed by atoms with Gasteiger partial charge in [0.25, 0.3) is 0 Å². The standard InChI is InChI=1S/C19H20ClNO/c1-12-4-6-13(7-5-12)18-15-3-2-10-22-19(15)16-11-14(20)8-9-17(16)21-18/h4-9,11,15,18-19,21H,2-3,10H2,1H3/t15-,18+,19-/m0/s1. The molecule has 0 bridgehead atoms. The summed E-state index contributed by atoms with van der Waals surface area (Å²) in [6, 6.07) is 15.2.